The van der Waals surface area contributed by atoms with Crippen molar-refractivity contribution in [3.8, 4) is 0 Å². The van der Waals surface area contributed by atoms with Crippen LogP contribution in [0.4, 0.5) is 5.69 Å². The van der Waals surface area contributed by atoms with Gasteiger partial charge in [0.2, 0.25) is 15.9 Å². The van der Waals surface area contributed by atoms with Crippen LogP contribution in [-0.4, -0.2) is 43.9 Å². The van der Waals surface area contributed by atoms with Gasteiger partial charge in [0.15, 0.2) is 10.7 Å². The Bertz CT molecular complexity index is 1410. The number of piperidine rings is 1. The minimum absolute atomic E-state index is 0.00881. The Morgan fingerprint density at radius 1 is 0.973 bits per heavy atom. The number of hydrogen-bond acceptors (Lipinski definition) is 5. The highest BCUT2D eigenvalue weighted by atomic mass is 32.2. The third kappa shape index (κ3) is 5.55. The van der Waals surface area contributed by atoms with E-state index in [0.29, 0.717) is 18.5 Å². The second kappa shape index (κ2) is 10.6. The van der Waals surface area contributed by atoms with E-state index in [4.69, 9.17) is 4.52 Å². The molecule has 1 aromatic heterocycles. The Hall–Kier alpha value is -3.23. The number of hydrogen-bond donors (Lipinski definition) is 0. The molecule has 0 spiro atoms. The number of benzene rings is 2. The van der Waals surface area contributed by atoms with Crippen LogP contribution in [0.5, 0.6) is 0 Å². The van der Waals surface area contributed by atoms with E-state index in [0.717, 1.165) is 27.9 Å². The highest BCUT2D eigenvalue weighted by molar-refractivity contribution is 7.89. The maximum atomic E-state index is 13.6. The Kier molecular flexibility index (Phi) is 7.71. The lowest BCUT2D eigenvalue weighted by Crippen LogP contribution is -2.43. The molecule has 4 rings (SSSR count). The highest BCUT2D eigenvalue weighted by Crippen LogP contribution is 2.31. The molecule has 1 aliphatic heterocycles. The van der Waals surface area contributed by atoms with Gasteiger partial charge in [-0.05, 0) is 82.4 Å². The summed E-state index contributed by atoms with van der Waals surface area (Å²) in [5.74, 6) is -0.00289. The molecular weight excluding hydrogens is 486 g/mol. The third-order valence-corrected chi connectivity index (χ3v) is 9.18. The molecule has 3 aromatic rings. The molecule has 1 saturated heterocycles. The minimum atomic E-state index is -3.84. The predicted octanol–water partition coefficient (Wildman–Crippen LogP) is 5.45. The van der Waals surface area contributed by atoms with Crippen molar-refractivity contribution in [1.82, 2.24) is 9.46 Å². The average Bonchev–Trinajstić information content (AvgIpc) is 3.24. The Balaban J connectivity index is 1.50. The summed E-state index contributed by atoms with van der Waals surface area (Å²) in [5.41, 5.74) is 6.72. The van der Waals surface area contributed by atoms with Crippen LogP contribution in [0.15, 0.2) is 45.8 Å². The molecule has 0 saturated carbocycles. The zero-order valence-electron chi connectivity index (χ0n) is 22.4. The second-order valence-electron chi connectivity index (χ2n) is 10.0. The van der Waals surface area contributed by atoms with E-state index >= 15 is 0 Å². The molecule has 0 atom stereocenters. The van der Waals surface area contributed by atoms with E-state index in [2.05, 4.69) is 24.2 Å². The summed E-state index contributed by atoms with van der Waals surface area (Å²) < 4.78 is 34.2. The normalized spacial score (nSPS) is 15.4. The van der Waals surface area contributed by atoms with Crippen molar-refractivity contribution in [2.45, 2.75) is 52.4 Å². The molecule has 1 aliphatic rings. The predicted molar refractivity (Wildman–Crippen MR) is 147 cm³/mol. The first-order chi connectivity index (χ1) is 17.5. The van der Waals surface area contributed by atoms with Crippen molar-refractivity contribution < 1.29 is 17.7 Å². The number of carbonyl (C=O) groups excluding carboxylic acids is 1. The summed E-state index contributed by atoms with van der Waals surface area (Å²) in [4.78, 5) is 14.8. The molecule has 1 fully saturated rings. The maximum absolute atomic E-state index is 13.6. The van der Waals surface area contributed by atoms with Gasteiger partial charge in [-0.1, -0.05) is 46.6 Å². The number of sulfonamides is 1. The topological polar surface area (TPSA) is 83.7 Å². The fraction of sp³-hybridized carbons (Fsp3) is 0.379. The Morgan fingerprint density at radius 2 is 1.57 bits per heavy atom. The summed E-state index contributed by atoms with van der Waals surface area (Å²) in [5, 5.41) is 3.96. The van der Waals surface area contributed by atoms with E-state index in [9.17, 15) is 13.2 Å². The zero-order valence-corrected chi connectivity index (χ0v) is 23.2. The molecular formula is C29H35N3O4S. The van der Waals surface area contributed by atoms with Crippen molar-refractivity contribution in [2.75, 3.05) is 25.0 Å². The highest BCUT2D eigenvalue weighted by Gasteiger charge is 2.36. The van der Waals surface area contributed by atoms with Gasteiger partial charge < -0.3 is 9.42 Å². The lowest BCUT2D eigenvalue weighted by atomic mass is 9.96. The first-order valence-corrected chi connectivity index (χ1v) is 14.0. The number of aryl methyl sites for hydroxylation is 5. The van der Waals surface area contributed by atoms with Crippen LogP contribution in [0.25, 0.3) is 12.2 Å². The van der Waals surface area contributed by atoms with E-state index < -0.39 is 10.0 Å². The van der Waals surface area contributed by atoms with Crippen LogP contribution in [0, 0.1) is 40.5 Å². The summed E-state index contributed by atoms with van der Waals surface area (Å²) >= 11 is 0. The van der Waals surface area contributed by atoms with E-state index in [1.54, 1.807) is 24.9 Å². The fourth-order valence-electron chi connectivity index (χ4n) is 5.05. The van der Waals surface area contributed by atoms with Crippen LogP contribution in [-0.2, 0) is 14.8 Å². The minimum Gasteiger partial charge on any atom is -0.355 e. The molecule has 37 heavy (non-hydrogen) atoms. The maximum Gasteiger partial charge on any atom is 0.248 e. The van der Waals surface area contributed by atoms with Crippen molar-refractivity contribution in [1.29, 1.82) is 0 Å². The second-order valence-corrected chi connectivity index (χ2v) is 11.9. The van der Waals surface area contributed by atoms with Crippen LogP contribution < -0.4 is 4.90 Å². The molecule has 0 aliphatic carbocycles. The number of aromatic nitrogens is 1. The molecule has 2 heterocycles. The molecule has 0 radical (unpaired) electrons. The summed E-state index contributed by atoms with van der Waals surface area (Å²) in [7, 11) is -2.07. The molecule has 0 bridgehead atoms. The lowest BCUT2D eigenvalue weighted by Gasteiger charge is -2.32. The lowest BCUT2D eigenvalue weighted by molar-refractivity contribution is -0.123. The van der Waals surface area contributed by atoms with Gasteiger partial charge in [0, 0.05) is 31.7 Å². The summed E-state index contributed by atoms with van der Waals surface area (Å²) in [6, 6.07) is 12.0. The number of amides is 1. The monoisotopic (exact) mass is 521 g/mol. The van der Waals surface area contributed by atoms with Gasteiger partial charge in [0.1, 0.15) is 5.69 Å². The van der Waals surface area contributed by atoms with Crippen LogP contribution >= 0.6 is 0 Å². The Morgan fingerprint density at radius 3 is 2.16 bits per heavy atom. The van der Waals surface area contributed by atoms with E-state index in [1.165, 1.54) is 9.87 Å². The van der Waals surface area contributed by atoms with Gasteiger partial charge in [0.25, 0.3) is 0 Å². The fourth-order valence-corrected chi connectivity index (χ4v) is 6.77. The van der Waals surface area contributed by atoms with Gasteiger partial charge in [-0.3, -0.25) is 4.79 Å². The number of nitrogens with zero attached hydrogens (tertiary/aromatic N) is 3. The van der Waals surface area contributed by atoms with Crippen molar-refractivity contribution in [2.24, 2.45) is 5.92 Å². The first kappa shape index (κ1) is 26.8. The van der Waals surface area contributed by atoms with Crippen LogP contribution in [0.2, 0.25) is 0 Å². The van der Waals surface area contributed by atoms with Crippen LogP contribution in [0.1, 0.15) is 52.1 Å². The standard InChI is InChI=1S/C29H35N3O4S/c1-19-7-9-25(10-8-19)31(6)29(33)24-13-15-32(16-14-24)37(34,35)28-23(5)30-36-27(28)12-11-26-21(3)17-20(2)18-22(26)4/h7-12,17-18,24H,13-16H2,1-6H3/b12-11+. The van der Waals surface area contributed by atoms with Gasteiger partial charge in [-0.2, -0.15) is 4.31 Å². The quantitative estimate of drug-likeness (QED) is 0.431. The molecule has 2 aromatic carbocycles. The SMILES string of the molecule is Cc1ccc(N(C)C(=O)C2CCN(S(=O)(=O)c3c(C)noc3/C=C/c3c(C)cc(C)cc3C)CC2)cc1. The molecule has 196 valence electrons. The molecule has 8 heteroatoms. The molecule has 0 unspecified atom stereocenters. The van der Waals surface area contributed by atoms with E-state index in [1.807, 2.05) is 51.1 Å². The van der Waals surface area contributed by atoms with Gasteiger partial charge in [0.05, 0.1) is 0 Å². The van der Waals surface area contributed by atoms with Gasteiger partial charge in [-0.25, -0.2) is 8.42 Å². The van der Waals surface area contributed by atoms with Gasteiger partial charge >= 0.3 is 0 Å². The van der Waals surface area contributed by atoms with Crippen molar-refractivity contribution in [3.05, 3.63) is 75.7 Å². The number of rotatable bonds is 6. The van der Waals surface area contributed by atoms with Crippen LogP contribution in [0.3, 0.4) is 0 Å². The third-order valence-electron chi connectivity index (χ3n) is 7.13. The molecule has 0 N–H and O–H groups in total. The molecule has 1 amide bonds. The Labute approximate surface area is 219 Å². The molecule has 7 nitrogen and oxygen atoms in total. The summed E-state index contributed by atoms with van der Waals surface area (Å²) in [6.45, 7) is 10.3. The van der Waals surface area contributed by atoms with E-state index in [-0.39, 0.29) is 35.6 Å². The first-order valence-electron chi connectivity index (χ1n) is 12.6. The number of anilines is 1. The zero-order chi connectivity index (χ0) is 26.9. The van der Waals surface area contributed by atoms with Crippen molar-refractivity contribution >= 4 is 33.8 Å². The summed E-state index contributed by atoms with van der Waals surface area (Å²) in [6.07, 6.45) is 4.50. The van der Waals surface area contributed by atoms with Crippen molar-refractivity contribution in [3.63, 3.8) is 0 Å². The number of carbonyl (C=O) groups is 1. The largest absolute Gasteiger partial charge is 0.355 e. The smallest absolute Gasteiger partial charge is 0.248 e. The average molecular weight is 522 g/mol. The van der Waals surface area contributed by atoms with Gasteiger partial charge in [-0.15, -0.1) is 0 Å².